The monoisotopic (exact) mass is 427 g/mol. The Kier molecular flexibility index (Phi) is 6.14. The Balaban J connectivity index is 2.37. The average molecular weight is 427 g/mol. The Labute approximate surface area is 160 Å². The van der Waals surface area contributed by atoms with E-state index in [1.165, 1.54) is 11.5 Å². The van der Waals surface area contributed by atoms with Gasteiger partial charge in [0.2, 0.25) is 0 Å². The summed E-state index contributed by atoms with van der Waals surface area (Å²) < 4.78 is 95.3. The molecule has 1 heterocycles. The van der Waals surface area contributed by atoms with Crippen molar-refractivity contribution in [1.29, 1.82) is 0 Å². The summed E-state index contributed by atoms with van der Waals surface area (Å²) in [4.78, 5) is 11.8. The van der Waals surface area contributed by atoms with Crippen molar-refractivity contribution >= 4 is 23.1 Å². The summed E-state index contributed by atoms with van der Waals surface area (Å²) in [5, 5.41) is 3.32. The van der Waals surface area contributed by atoms with Gasteiger partial charge in [0.1, 0.15) is 6.54 Å². The second-order valence-electron chi connectivity index (χ2n) is 5.92. The van der Waals surface area contributed by atoms with Gasteiger partial charge in [-0.15, -0.1) is 0 Å². The molecule has 0 radical (unpaired) electrons. The summed E-state index contributed by atoms with van der Waals surface area (Å²) in [6.45, 7) is 3.03. The fourth-order valence-electron chi connectivity index (χ4n) is 2.59. The summed E-state index contributed by atoms with van der Waals surface area (Å²) in [5.74, 6) is -6.90. The zero-order valence-corrected chi connectivity index (χ0v) is 15.2. The second-order valence-corrected chi connectivity index (χ2v) is 5.92. The van der Waals surface area contributed by atoms with Crippen LogP contribution in [0.3, 0.4) is 0 Å². The SMILES string of the molecule is CCOC(=O)Cn1c(C)c(/C=N\NC(F)(F)C(F)(F)C(F)(F)F)c2ccccc21. The molecule has 12 heteroatoms. The minimum Gasteiger partial charge on any atom is -0.465 e. The van der Waals surface area contributed by atoms with Crippen LogP contribution in [0.15, 0.2) is 29.4 Å². The summed E-state index contributed by atoms with van der Waals surface area (Å²) >= 11 is 0. The maximum atomic E-state index is 13.3. The molecule has 1 aromatic carbocycles. The highest BCUT2D eigenvalue weighted by Crippen LogP contribution is 2.45. The predicted octanol–water partition coefficient (Wildman–Crippen LogP) is 4.23. The maximum absolute atomic E-state index is 13.3. The van der Waals surface area contributed by atoms with E-state index in [2.05, 4.69) is 5.10 Å². The number of fused-ring (bicyclic) bond motifs is 1. The number of esters is 1. The van der Waals surface area contributed by atoms with E-state index in [-0.39, 0.29) is 18.7 Å². The van der Waals surface area contributed by atoms with Crippen LogP contribution in [0.2, 0.25) is 0 Å². The van der Waals surface area contributed by atoms with Crippen LogP contribution in [0.1, 0.15) is 18.2 Å². The van der Waals surface area contributed by atoms with E-state index in [9.17, 15) is 35.5 Å². The lowest BCUT2D eigenvalue weighted by Crippen LogP contribution is -2.58. The molecule has 0 saturated carbocycles. The molecule has 0 fully saturated rings. The predicted molar refractivity (Wildman–Crippen MR) is 90.0 cm³/mol. The van der Waals surface area contributed by atoms with Crippen LogP contribution in [0.4, 0.5) is 30.7 Å². The normalized spacial score (nSPS) is 13.3. The molecule has 0 amide bonds. The first-order chi connectivity index (χ1) is 13.3. The Hall–Kier alpha value is -2.79. The first kappa shape index (κ1) is 22.5. The third-order valence-electron chi connectivity index (χ3n) is 4.02. The standard InChI is InChI=1S/C17H16F7N3O2/c1-3-29-14(28)9-27-10(2)12(11-6-4-5-7-13(11)27)8-25-26-17(23,24)15(18,19)16(20,21)22/h4-8,26H,3,9H2,1-2H3/b25-8-. The highest BCUT2D eigenvalue weighted by atomic mass is 19.4. The van der Waals surface area contributed by atoms with Gasteiger partial charge in [0.15, 0.2) is 0 Å². The Bertz CT molecular complexity index is 920. The van der Waals surface area contributed by atoms with Gasteiger partial charge in [-0.25, -0.2) is 5.43 Å². The van der Waals surface area contributed by atoms with Gasteiger partial charge in [-0.1, -0.05) is 18.2 Å². The number of benzene rings is 1. The van der Waals surface area contributed by atoms with Gasteiger partial charge in [-0.2, -0.15) is 35.8 Å². The number of rotatable bonds is 7. The van der Waals surface area contributed by atoms with Crippen LogP contribution in [0.5, 0.6) is 0 Å². The third-order valence-corrected chi connectivity index (χ3v) is 4.02. The van der Waals surface area contributed by atoms with Crippen LogP contribution in [0, 0.1) is 6.92 Å². The van der Waals surface area contributed by atoms with Gasteiger partial charge in [0, 0.05) is 22.2 Å². The summed E-state index contributed by atoms with van der Waals surface area (Å²) in [6, 6.07) is 0.722. The molecule has 0 atom stereocenters. The number of para-hydroxylation sites is 1. The molecule has 0 aliphatic heterocycles. The minimum absolute atomic E-state index is 0.137. The lowest BCUT2D eigenvalue weighted by molar-refractivity contribution is -0.361. The number of alkyl halides is 7. The topological polar surface area (TPSA) is 55.6 Å². The van der Waals surface area contributed by atoms with Crippen LogP contribution in [-0.4, -0.2) is 41.5 Å². The van der Waals surface area contributed by atoms with E-state index < -0.39 is 24.1 Å². The highest BCUT2D eigenvalue weighted by Gasteiger charge is 2.73. The number of aromatic nitrogens is 1. The van der Waals surface area contributed by atoms with Gasteiger partial charge in [-0.05, 0) is 19.9 Å². The molecule has 160 valence electrons. The zero-order valence-electron chi connectivity index (χ0n) is 15.2. The number of carbonyl (C=O) groups is 1. The van der Waals surface area contributed by atoms with E-state index in [0.717, 1.165) is 0 Å². The van der Waals surface area contributed by atoms with Crippen LogP contribution in [0.25, 0.3) is 10.9 Å². The van der Waals surface area contributed by atoms with E-state index in [0.29, 0.717) is 28.2 Å². The lowest BCUT2D eigenvalue weighted by atomic mass is 10.1. The van der Waals surface area contributed by atoms with Crippen molar-refractivity contribution in [3.8, 4) is 0 Å². The largest absolute Gasteiger partial charge is 0.465 e. The average Bonchev–Trinajstić information content (AvgIpc) is 2.86. The number of hydrogen-bond donors (Lipinski definition) is 1. The number of ether oxygens (including phenoxy) is 1. The van der Waals surface area contributed by atoms with Gasteiger partial charge in [0.05, 0.1) is 12.8 Å². The number of carbonyl (C=O) groups excluding carboxylic acids is 1. The fourth-order valence-corrected chi connectivity index (χ4v) is 2.59. The summed E-state index contributed by atoms with van der Waals surface area (Å²) in [5.41, 5.74) is 1.57. The lowest BCUT2D eigenvalue weighted by Gasteiger charge is -2.27. The first-order valence-corrected chi connectivity index (χ1v) is 8.19. The quantitative estimate of drug-likeness (QED) is 0.237. The van der Waals surface area contributed by atoms with E-state index >= 15 is 0 Å². The molecule has 1 N–H and O–H groups in total. The van der Waals surface area contributed by atoms with E-state index in [4.69, 9.17) is 4.74 Å². The molecule has 0 spiro atoms. The fraction of sp³-hybridized carbons (Fsp3) is 0.412. The number of halogens is 7. The molecular weight excluding hydrogens is 411 g/mol. The summed E-state index contributed by atoms with van der Waals surface area (Å²) in [7, 11) is 0. The number of hydrazone groups is 1. The van der Waals surface area contributed by atoms with Crippen LogP contribution < -0.4 is 5.43 Å². The molecule has 0 saturated heterocycles. The smallest absolute Gasteiger partial charge is 0.462 e. The number of nitrogens with one attached hydrogen (secondary N) is 1. The van der Waals surface area contributed by atoms with Crippen molar-refractivity contribution in [3.05, 3.63) is 35.5 Å². The zero-order chi connectivity index (χ0) is 22.0. The van der Waals surface area contributed by atoms with Gasteiger partial charge in [0.25, 0.3) is 0 Å². The van der Waals surface area contributed by atoms with E-state index in [1.807, 2.05) is 0 Å². The molecule has 1 aromatic heterocycles. The van der Waals surface area contributed by atoms with Crippen molar-refractivity contribution in [2.45, 2.75) is 38.5 Å². The molecule has 5 nitrogen and oxygen atoms in total. The van der Waals surface area contributed by atoms with Crippen molar-refractivity contribution < 1.29 is 40.3 Å². The van der Waals surface area contributed by atoms with Gasteiger partial charge < -0.3 is 9.30 Å². The first-order valence-electron chi connectivity index (χ1n) is 8.19. The summed E-state index contributed by atoms with van der Waals surface area (Å²) in [6.07, 6.45) is -5.77. The molecule has 0 aliphatic carbocycles. The Morgan fingerprint density at radius 2 is 1.79 bits per heavy atom. The van der Waals surface area contributed by atoms with Crippen molar-refractivity contribution in [2.75, 3.05) is 6.61 Å². The molecule has 2 aromatic rings. The maximum Gasteiger partial charge on any atom is 0.462 e. The molecule has 0 unspecified atom stereocenters. The van der Waals surface area contributed by atoms with Crippen molar-refractivity contribution in [2.24, 2.45) is 5.10 Å². The Morgan fingerprint density at radius 3 is 2.38 bits per heavy atom. The second kappa shape index (κ2) is 7.91. The van der Waals surface area contributed by atoms with Crippen molar-refractivity contribution in [1.82, 2.24) is 9.99 Å². The minimum atomic E-state index is -6.47. The number of nitrogens with zero attached hydrogens (tertiary/aromatic N) is 2. The Morgan fingerprint density at radius 1 is 1.17 bits per heavy atom. The number of hydrogen-bond acceptors (Lipinski definition) is 4. The third kappa shape index (κ3) is 4.30. The molecule has 2 rings (SSSR count). The van der Waals surface area contributed by atoms with Crippen LogP contribution >= 0.6 is 0 Å². The van der Waals surface area contributed by atoms with Gasteiger partial charge in [-0.3, -0.25) is 4.79 Å². The molecule has 0 bridgehead atoms. The highest BCUT2D eigenvalue weighted by molar-refractivity contribution is 6.01. The van der Waals surface area contributed by atoms with E-state index in [1.54, 1.807) is 31.2 Å². The molecular formula is C17H16F7N3O2. The van der Waals surface area contributed by atoms with Crippen molar-refractivity contribution in [3.63, 3.8) is 0 Å². The van der Waals surface area contributed by atoms with Crippen LogP contribution in [-0.2, 0) is 16.1 Å². The molecule has 29 heavy (non-hydrogen) atoms. The van der Waals surface area contributed by atoms with Gasteiger partial charge >= 0.3 is 24.1 Å². The molecule has 0 aliphatic rings.